The summed E-state index contributed by atoms with van der Waals surface area (Å²) in [5, 5.41) is 12.4. The summed E-state index contributed by atoms with van der Waals surface area (Å²) < 4.78 is 11.1. The SMILES string of the molecule is CCOc1ccccc1C(=O)NC(=S)NC1CCCCC1NC(=S)NC(=O)c1ccccc1OCC. The Morgan fingerprint density at radius 1 is 0.750 bits per heavy atom. The molecule has 0 saturated heterocycles. The molecule has 3 rings (SSSR count). The van der Waals surface area contributed by atoms with Crippen molar-refractivity contribution in [1.29, 1.82) is 0 Å². The van der Waals surface area contributed by atoms with Crippen molar-refractivity contribution >= 4 is 46.5 Å². The number of carbonyl (C=O) groups excluding carboxylic acids is 2. The molecule has 1 saturated carbocycles. The first kappa shape index (κ1) is 27.3. The molecule has 0 bridgehead atoms. The van der Waals surface area contributed by atoms with Crippen molar-refractivity contribution in [2.24, 2.45) is 0 Å². The molecule has 2 atom stereocenters. The van der Waals surface area contributed by atoms with Crippen LogP contribution in [0.3, 0.4) is 0 Å². The van der Waals surface area contributed by atoms with Crippen molar-refractivity contribution in [2.45, 2.75) is 51.6 Å². The van der Waals surface area contributed by atoms with Crippen molar-refractivity contribution in [3.8, 4) is 11.5 Å². The third-order valence-electron chi connectivity index (χ3n) is 5.72. The third kappa shape index (κ3) is 7.63. The number of ether oxygens (including phenoxy) is 2. The molecule has 36 heavy (non-hydrogen) atoms. The minimum Gasteiger partial charge on any atom is -0.493 e. The Morgan fingerprint density at radius 3 is 1.53 bits per heavy atom. The first-order valence-corrected chi connectivity index (χ1v) is 12.9. The van der Waals surface area contributed by atoms with E-state index in [1.54, 1.807) is 36.4 Å². The van der Waals surface area contributed by atoms with E-state index in [0.29, 0.717) is 35.8 Å². The number of nitrogens with one attached hydrogen (secondary N) is 4. The van der Waals surface area contributed by atoms with Crippen LogP contribution in [0.4, 0.5) is 0 Å². The number of benzene rings is 2. The van der Waals surface area contributed by atoms with Gasteiger partial charge in [0, 0.05) is 12.1 Å². The summed E-state index contributed by atoms with van der Waals surface area (Å²) in [6.07, 6.45) is 3.71. The predicted molar refractivity (Wildman–Crippen MR) is 148 cm³/mol. The van der Waals surface area contributed by atoms with Crippen molar-refractivity contribution in [3.63, 3.8) is 0 Å². The van der Waals surface area contributed by atoms with Gasteiger partial charge in [-0.05, 0) is 75.4 Å². The monoisotopic (exact) mass is 528 g/mol. The van der Waals surface area contributed by atoms with Crippen molar-refractivity contribution < 1.29 is 19.1 Å². The van der Waals surface area contributed by atoms with Gasteiger partial charge in [0.25, 0.3) is 11.8 Å². The molecule has 10 heteroatoms. The fourth-order valence-corrected chi connectivity index (χ4v) is 4.59. The minimum atomic E-state index is -0.340. The Hall–Kier alpha value is -3.24. The van der Waals surface area contributed by atoms with Gasteiger partial charge in [-0.1, -0.05) is 37.1 Å². The molecule has 0 aliphatic heterocycles. The van der Waals surface area contributed by atoms with Gasteiger partial charge in [0.2, 0.25) is 0 Å². The van der Waals surface area contributed by atoms with Crippen LogP contribution in [0, 0.1) is 0 Å². The molecule has 2 aromatic carbocycles. The highest BCUT2D eigenvalue weighted by atomic mass is 32.1. The molecule has 0 heterocycles. The molecule has 8 nitrogen and oxygen atoms in total. The van der Waals surface area contributed by atoms with E-state index in [0.717, 1.165) is 25.7 Å². The van der Waals surface area contributed by atoms with E-state index >= 15 is 0 Å². The number of para-hydroxylation sites is 2. The Labute approximate surface area is 222 Å². The summed E-state index contributed by atoms with van der Waals surface area (Å²) >= 11 is 10.9. The van der Waals surface area contributed by atoms with Crippen LogP contribution >= 0.6 is 24.4 Å². The van der Waals surface area contributed by atoms with Crippen molar-refractivity contribution in [2.75, 3.05) is 13.2 Å². The van der Waals surface area contributed by atoms with Gasteiger partial charge in [0.1, 0.15) is 11.5 Å². The smallest absolute Gasteiger partial charge is 0.261 e. The Kier molecular flexibility index (Phi) is 10.4. The van der Waals surface area contributed by atoms with Crippen LogP contribution < -0.4 is 30.7 Å². The molecule has 0 radical (unpaired) electrons. The van der Waals surface area contributed by atoms with E-state index < -0.39 is 0 Å². The third-order valence-corrected chi connectivity index (χ3v) is 6.16. The van der Waals surface area contributed by atoms with E-state index in [2.05, 4.69) is 21.3 Å². The normalized spacial score (nSPS) is 16.8. The maximum atomic E-state index is 12.8. The van der Waals surface area contributed by atoms with Crippen LogP contribution in [0.5, 0.6) is 11.5 Å². The summed E-state index contributed by atoms with van der Waals surface area (Å²) in [5.74, 6) is 0.328. The molecule has 4 N–H and O–H groups in total. The summed E-state index contributed by atoms with van der Waals surface area (Å²) in [7, 11) is 0. The van der Waals surface area contributed by atoms with Crippen LogP contribution in [0.15, 0.2) is 48.5 Å². The number of thiocarbonyl (C=S) groups is 2. The first-order chi connectivity index (χ1) is 17.4. The lowest BCUT2D eigenvalue weighted by Crippen LogP contribution is -2.57. The van der Waals surface area contributed by atoms with E-state index in [9.17, 15) is 9.59 Å². The quantitative estimate of drug-likeness (QED) is 0.385. The average molecular weight is 529 g/mol. The number of amides is 2. The van der Waals surface area contributed by atoms with Gasteiger partial charge >= 0.3 is 0 Å². The van der Waals surface area contributed by atoms with Crippen LogP contribution in [-0.4, -0.2) is 47.3 Å². The molecule has 1 fully saturated rings. The molecule has 1 aliphatic carbocycles. The van der Waals surface area contributed by atoms with Crippen molar-refractivity contribution in [1.82, 2.24) is 21.3 Å². The number of hydrogen-bond acceptors (Lipinski definition) is 6. The highest BCUT2D eigenvalue weighted by Crippen LogP contribution is 2.21. The molecule has 2 amide bonds. The first-order valence-electron chi connectivity index (χ1n) is 12.1. The largest absolute Gasteiger partial charge is 0.493 e. The highest BCUT2D eigenvalue weighted by molar-refractivity contribution is 7.80. The van der Waals surface area contributed by atoms with Gasteiger partial charge < -0.3 is 20.1 Å². The lowest BCUT2D eigenvalue weighted by Gasteiger charge is -2.34. The summed E-state index contributed by atoms with van der Waals surface area (Å²) in [6, 6.07) is 13.9. The fourth-order valence-electron chi connectivity index (χ4n) is 4.10. The zero-order chi connectivity index (χ0) is 25.9. The van der Waals surface area contributed by atoms with Gasteiger partial charge in [-0.2, -0.15) is 0 Å². The molecule has 2 aromatic rings. The van der Waals surface area contributed by atoms with E-state index in [1.807, 2.05) is 26.0 Å². The molecular weight excluding hydrogens is 496 g/mol. The summed E-state index contributed by atoms with van der Waals surface area (Å²) in [4.78, 5) is 25.5. The van der Waals surface area contributed by atoms with E-state index in [1.165, 1.54) is 0 Å². The predicted octanol–water partition coefficient (Wildman–Crippen LogP) is 3.70. The van der Waals surface area contributed by atoms with Crippen LogP contribution in [-0.2, 0) is 0 Å². The topological polar surface area (TPSA) is 101 Å². The maximum Gasteiger partial charge on any atom is 0.261 e. The Morgan fingerprint density at radius 2 is 1.14 bits per heavy atom. The van der Waals surface area contributed by atoms with Crippen LogP contribution in [0.2, 0.25) is 0 Å². The molecule has 0 spiro atoms. The summed E-state index contributed by atoms with van der Waals surface area (Å²) in [6.45, 7) is 4.63. The lowest BCUT2D eigenvalue weighted by atomic mass is 9.90. The van der Waals surface area contributed by atoms with E-state index in [-0.39, 0.29) is 34.1 Å². The van der Waals surface area contributed by atoms with Gasteiger partial charge in [0.05, 0.1) is 24.3 Å². The van der Waals surface area contributed by atoms with Gasteiger partial charge in [-0.25, -0.2) is 0 Å². The highest BCUT2D eigenvalue weighted by Gasteiger charge is 2.27. The second-order valence-corrected chi connectivity index (χ2v) is 9.03. The second kappa shape index (κ2) is 13.7. The van der Waals surface area contributed by atoms with Gasteiger partial charge in [-0.15, -0.1) is 0 Å². The average Bonchev–Trinajstić information content (AvgIpc) is 2.86. The molecule has 192 valence electrons. The Bertz CT molecular complexity index is 1010. The lowest BCUT2D eigenvalue weighted by molar-refractivity contribution is 0.0962. The Balaban J connectivity index is 1.57. The molecule has 0 aromatic heterocycles. The molecule has 1 aliphatic rings. The maximum absolute atomic E-state index is 12.8. The standard InChI is InChI=1S/C26H32N4O4S2/c1-3-33-21-15-9-5-11-17(21)23(31)29-25(35)27-19-13-7-8-14-20(19)28-26(36)30-24(32)18-12-6-10-16-22(18)34-4-2/h5-6,9-12,15-16,19-20H,3-4,7-8,13-14H2,1-2H3,(H2,27,29,31,35)(H2,28,30,32,36). The van der Waals surface area contributed by atoms with Crippen molar-refractivity contribution in [3.05, 3.63) is 59.7 Å². The number of carbonyl (C=O) groups is 2. The zero-order valence-corrected chi connectivity index (χ0v) is 22.1. The summed E-state index contributed by atoms with van der Waals surface area (Å²) in [5.41, 5.74) is 0.830. The van der Waals surface area contributed by atoms with Crippen LogP contribution in [0.25, 0.3) is 0 Å². The van der Waals surface area contributed by atoms with E-state index in [4.69, 9.17) is 33.9 Å². The van der Waals surface area contributed by atoms with Crippen LogP contribution in [0.1, 0.15) is 60.2 Å². The number of rotatable bonds is 8. The second-order valence-electron chi connectivity index (χ2n) is 8.21. The fraction of sp³-hybridized carbons (Fsp3) is 0.385. The molecular formula is C26H32N4O4S2. The minimum absolute atomic E-state index is 0.0701. The van der Waals surface area contributed by atoms with Gasteiger partial charge in [0.15, 0.2) is 10.2 Å². The van der Waals surface area contributed by atoms with Gasteiger partial charge in [-0.3, -0.25) is 20.2 Å². The zero-order valence-electron chi connectivity index (χ0n) is 20.5. The number of hydrogen-bond donors (Lipinski definition) is 4. The molecule has 2 unspecified atom stereocenters.